The Balaban J connectivity index is 1.87. The molecular weight excluding hydrogens is 568 g/mol. The molecule has 45 heavy (non-hydrogen) atoms. The topological polar surface area (TPSA) is 121 Å². The Morgan fingerprint density at radius 1 is 1.04 bits per heavy atom. The number of fused-ring (bicyclic) bond motifs is 1. The Labute approximate surface area is 267 Å². The van der Waals surface area contributed by atoms with E-state index in [9.17, 15) is 20.1 Å². The minimum absolute atomic E-state index is 0.0126. The number of hydrogen-bond donors (Lipinski definition) is 3. The highest BCUT2D eigenvalue weighted by molar-refractivity contribution is 6.35. The standard InChI is InChI=1S/C38H50O7/c1-20(2)11-13-23-18-37(27-16-14-24(21(3)4)34(27,5)6)31(42)29(30(41)22-12-15-25(39)26(40)17-22)32-38(33(37)43,35(23,7)8)19-28(45-32)36(9,10)44/h11-12,15,17,23-24,27-28,39-40,44H,3,13-14,16,18-19H2,1-2,4-10H3/t23-,24-,27-,28-,37+,38+/m0/s1. The molecule has 3 fully saturated rings. The van der Waals surface area contributed by atoms with Crippen LogP contribution in [0.3, 0.4) is 0 Å². The van der Waals surface area contributed by atoms with Crippen LogP contribution in [-0.2, 0) is 14.3 Å². The summed E-state index contributed by atoms with van der Waals surface area (Å²) in [5.41, 5.74) is -3.40. The molecule has 1 aliphatic heterocycles. The Morgan fingerprint density at radius 2 is 1.69 bits per heavy atom. The van der Waals surface area contributed by atoms with E-state index in [0.717, 1.165) is 23.6 Å². The third-order valence-corrected chi connectivity index (χ3v) is 12.3. The average Bonchev–Trinajstić information content (AvgIpc) is 3.48. The van der Waals surface area contributed by atoms with Crippen molar-refractivity contribution in [2.24, 2.45) is 39.4 Å². The first-order chi connectivity index (χ1) is 20.7. The highest BCUT2D eigenvalue weighted by Crippen LogP contribution is 2.73. The number of ether oxygens (including phenoxy) is 1. The lowest BCUT2D eigenvalue weighted by atomic mass is 9.37. The smallest absolute Gasteiger partial charge is 0.200 e. The van der Waals surface area contributed by atoms with Gasteiger partial charge in [0, 0.05) is 12.0 Å². The van der Waals surface area contributed by atoms with Gasteiger partial charge in [0.15, 0.2) is 28.8 Å². The molecule has 1 aromatic carbocycles. The number of carbonyl (C=O) groups excluding carboxylic acids is 3. The van der Waals surface area contributed by atoms with Crippen LogP contribution >= 0.6 is 0 Å². The second-order valence-electron chi connectivity index (χ2n) is 16.2. The number of ketones is 3. The van der Waals surface area contributed by atoms with Crippen molar-refractivity contribution in [3.05, 3.63) is 58.9 Å². The van der Waals surface area contributed by atoms with Gasteiger partial charge < -0.3 is 20.1 Å². The third-order valence-electron chi connectivity index (χ3n) is 12.3. The molecule has 5 rings (SSSR count). The van der Waals surface area contributed by atoms with Gasteiger partial charge in [-0.05, 0) is 107 Å². The summed E-state index contributed by atoms with van der Waals surface area (Å²) in [6, 6.07) is 3.72. The summed E-state index contributed by atoms with van der Waals surface area (Å²) in [5, 5.41) is 31.6. The fourth-order valence-electron chi connectivity index (χ4n) is 9.67. The van der Waals surface area contributed by atoms with Crippen molar-refractivity contribution in [2.45, 2.75) is 106 Å². The van der Waals surface area contributed by atoms with E-state index in [1.807, 2.05) is 20.8 Å². The number of benzene rings is 1. The van der Waals surface area contributed by atoms with E-state index in [0.29, 0.717) is 19.3 Å². The number of Topliss-reactive ketones (excluding diaryl/α,β-unsaturated/α-hetero) is 3. The monoisotopic (exact) mass is 618 g/mol. The van der Waals surface area contributed by atoms with Crippen molar-refractivity contribution in [1.82, 2.24) is 0 Å². The number of carbonyl (C=O) groups is 3. The van der Waals surface area contributed by atoms with Crippen molar-refractivity contribution < 1.29 is 34.4 Å². The normalized spacial score (nSPS) is 33.5. The first-order valence-electron chi connectivity index (χ1n) is 16.2. The van der Waals surface area contributed by atoms with Gasteiger partial charge in [0.1, 0.15) is 17.4 Å². The number of phenols is 2. The molecule has 1 spiro atoms. The summed E-state index contributed by atoms with van der Waals surface area (Å²) in [6.45, 7) is 21.9. The molecule has 0 amide bonds. The lowest BCUT2D eigenvalue weighted by Crippen LogP contribution is -2.68. The number of phenolic OH excluding ortho intramolecular Hbond substituents is 2. The number of hydrogen-bond acceptors (Lipinski definition) is 7. The van der Waals surface area contributed by atoms with Crippen LogP contribution in [0.4, 0.5) is 0 Å². The van der Waals surface area contributed by atoms with Crippen molar-refractivity contribution in [2.75, 3.05) is 0 Å². The van der Waals surface area contributed by atoms with Crippen LogP contribution in [0.5, 0.6) is 11.5 Å². The second kappa shape index (κ2) is 10.4. The maximum atomic E-state index is 15.6. The molecule has 0 radical (unpaired) electrons. The zero-order valence-electron chi connectivity index (χ0n) is 28.3. The quantitative estimate of drug-likeness (QED) is 0.0968. The lowest BCUT2D eigenvalue weighted by molar-refractivity contribution is -0.175. The summed E-state index contributed by atoms with van der Waals surface area (Å²) in [6.07, 6.45) is 3.87. The molecule has 2 saturated carbocycles. The van der Waals surface area contributed by atoms with Gasteiger partial charge in [-0.15, -0.1) is 0 Å². The second-order valence-corrected chi connectivity index (χ2v) is 16.2. The predicted octanol–water partition coefficient (Wildman–Crippen LogP) is 7.25. The van der Waals surface area contributed by atoms with E-state index in [1.165, 1.54) is 12.1 Å². The summed E-state index contributed by atoms with van der Waals surface area (Å²) >= 11 is 0. The van der Waals surface area contributed by atoms with Gasteiger partial charge in [-0.2, -0.15) is 0 Å². The summed E-state index contributed by atoms with van der Waals surface area (Å²) in [5.74, 6) is -2.54. The van der Waals surface area contributed by atoms with Crippen LogP contribution < -0.4 is 0 Å². The van der Waals surface area contributed by atoms with Crippen LogP contribution in [0, 0.1) is 39.4 Å². The Kier molecular flexibility index (Phi) is 7.68. The lowest BCUT2D eigenvalue weighted by Gasteiger charge is -2.62. The van der Waals surface area contributed by atoms with Gasteiger partial charge in [-0.3, -0.25) is 14.4 Å². The van der Waals surface area contributed by atoms with Crippen molar-refractivity contribution in [3.8, 4) is 11.5 Å². The third kappa shape index (κ3) is 4.50. The molecule has 1 aromatic rings. The van der Waals surface area contributed by atoms with Gasteiger partial charge >= 0.3 is 0 Å². The largest absolute Gasteiger partial charge is 0.504 e. The molecule has 1 saturated heterocycles. The Hall–Kier alpha value is -3.19. The first-order valence-corrected chi connectivity index (χ1v) is 16.2. The molecule has 7 heteroatoms. The zero-order valence-corrected chi connectivity index (χ0v) is 28.3. The molecule has 4 aliphatic rings. The van der Waals surface area contributed by atoms with Crippen molar-refractivity contribution in [3.63, 3.8) is 0 Å². The van der Waals surface area contributed by atoms with E-state index in [1.54, 1.807) is 13.8 Å². The summed E-state index contributed by atoms with van der Waals surface area (Å²) in [7, 11) is 0. The Bertz CT molecular complexity index is 1550. The van der Waals surface area contributed by atoms with Gasteiger partial charge in [-0.25, -0.2) is 0 Å². The minimum atomic E-state index is -1.49. The maximum Gasteiger partial charge on any atom is 0.200 e. The molecule has 3 aliphatic carbocycles. The summed E-state index contributed by atoms with van der Waals surface area (Å²) < 4.78 is 6.51. The van der Waals surface area contributed by atoms with E-state index in [-0.39, 0.29) is 52.6 Å². The van der Waals surface area contributed by atoms with E-state index >= 15 is 9.59 Å². The predicted molar refractivity (Wildman–Crippen MR) is 173 cm³/mol. The molecular formula is C38H50O7. The number of aliphatic hydroxyl groups is 1. The van der Waals surface area contributed by atoms with Crippen LogP contribution in [0.2, 0.25) is 0 Å². The fraction of sp³-hybridized carbons (Fsp3) is 0.605. The van der Waals surface area contributed by atoms with Crippen molar-refractivity contribution >= 4 is 17.3 Å². The molecule has 244 valence electrons. The summed E-state index contributed by atoms with van der Waals surface area (Å²) in [4.78, 5) is 45.6. The van der Waals surface area contributed by atoms with Crippen LogP contribution in [0.25, 0.3) is 0 Å². The molecule has 0 unspecified atom stereocenters. The molecule has 3 N–H and O–H groups in total. The SMILES string of the molecule is C=C(C)[C@@H]1CC[C@H]([C@]23C[C@H](CC=C(C)C)C(C)(C)[C@@]4(C[C@@H](C(C)(C)O)OC4=C(C(=O)c4ccc(O)c(O)c4)C2=O)C3=O)C1(C)C. The zero-order chi connectivity index (χ0) is 33.7. The highest BCUT2D eigenvalue weighted by atomic mass is 16.5. The maximum absolute atomic E-state index is 15.6. The van der Waals surface area contributed by atoms with Crippen LogP contribution in [0.15, 0.2) is 53.3 Å². The Morgan fingerprint density at radius 3 is 2.22 bits per heavy atom. The fourth-order valence-corrected chi connectivity index (χ4v) is 9.67. The van der Waals surface area contributed by atoms with Gasteiger partial charge in [-0.1, -0.05) is 51.5 Å². The van der Waals surface area contributed by atoms with E-state index in [4.69, 9.17) is 4.74 Å². The van der Waals surface area contributed by atoms with Crippen LogP contribution in [-0.4, -0.2) is 44.4 Å². The number of rotatable bonds is 7. The first kappa shape index (κ1) is 33.2. The molecule has 1 heterocycles. The van der Waals surface area contributed by atoms with Gasteiger partial charge in [0.2, 0.25) is 0 Å². The molecule has 0 aromatic heterocycles. The molecule has 7 nitrogen and oxygen atoms in total. The molecule has 6 atom stereocenters. The number of aromatic hydroxyl groups is 2. The van der Waals surface area contributed by atoms with Gasteiger partial charge in [0.25, 0.3) is 0 Å². The van der Waals surface area contributed by atoms with Gasteiger partial charge in [0.05, 0.1) is 16.4 Å². The van der Waals surface area contributed by atoms with E-state index in [2.05, 4.69) is 40.3 Å². The minimum Gasteiger partial charge on any atom is -0.504 e. The average molecular weight is 619 g/mol. The molecule has 2 bridgehead atoms. The highest BCUT2D eigenvalue weighted by Gasteiger charge is 2.78. The number of allylic oxidation sites excluding steroid dienone is 5. The van der Waals surface area contributed by atoms with Crippen LogP contribution in [0.1, 0.15) is 105 Å². The van der Waals surface area contributed by atoms with E-state index < -0.39 is 50.7 Å². The van der Waals surface area contributed by atoms with Crippen molar-refractivity contribution in [1.29, 1.82) is 0 Å².